The van der Waals surface area contributed by atoms with Crippen molar-refractivity contribution < 1.29 is 0 Å². The molecule has 4 nitrogen and oxygen atoms in total. The molecular weight excluding hydrogens is 224 g/mol. The molecule has 0 radical (unpaired) electrons. The predicted octanol–water partition coefficient (Wildman–Crippen LogP) is 2.69. The molecule has 4 heteroatoms. The summed E-state index contributed by atoms with van der Waals surface area (Å²) in [7, 11) is 0. The molecule has 1 unspecified atom stereocenters. The Morgan fingerprint density at radius 1 is 1.11 bits per heavy atom. The van der Waals surface area contributed by atoms with Crippen molar-refractivity contribution in [1.29, 1.82) is 0 Å². The summed E-state index contributed by atoms with van der Waals surface area (Å²) in [6.07, 6.45) is 7.00. The van der Waals surface area contributed by atoms with E-state index >= 15 is 0 Å². The number of rotatable bonds is 9. The van der Waals surface area contributed by atoms with Crippen LogP contribution in [0.3, 0.4) is 0 Å². The van der Waals surface area contributed by atoms with Gasteiger partial charge in [-0.25, -0.2) is 0 Å². The van der Waals surface area contributed by atoms with Gasteiger partial charge >= 0.3 is 0 Å². The molecule has 2 N–H and O–H groups in total. The first kappa shape index (κ1) is 15.2. The highest BCUT2D eigenvalue weighted by atomic mass is 15.3. The molecule has 0 saturated heterocycles. The van der Waals surface area contributed by atoms with Crippen molar-refractivity contribution in [3.8, 4) is 0 Å². The maximum absolute atomic E-state index is 5.68. The Labute approximate surface area is 111 Å². The number of hydrogen-bond donors (Lipinski definition) is 1. The Hall–Kier alpha value is -0.900. The number of nitrogens with two attached hydrogens (primary N) is 1. The molecule has 0 fully saturated rings. The van der Waals surface area contributed by atoms with Crippen LogP contribution in [0, 0.1) is 12.8 Å². The van der Waals surface area contributed by atoms with E-state index in [1.54, 1.807) is 0 Å². The van der Waals surface area contributed by atoms with Gasteiger partial charge in [-0.15, -0.1) is 10.2 Å². The van der Waals surface area contributed by atoms with Gasteiger partial charge in [0.05, 0.1) is 0 Å². The van der Waals surface area contributed by atoms with Gasteiger partial charge in [-0.1, -0.05) is 26.7 Å². The molecule has 0 spiro atoms. The van der Waals surface area contributed by atoms with Crippen LogP contribution in [0.5, 0.6) is 0 Å². The van der Waals surface area contributed by atoms with Gasteiger partial charge in [0.15, 0.2) is 0 Å². The summed E-state index contributed by atoms with van der Waals surface area (Å²) in [4.78, 5) is 0. The fourth-order valence-electron chi connectivity index (χ4n) is 2.53. The highest BCUT2D eigenvalue weighted by molar-refractivity contribution is 4.94. The molecule has 0 aromatic carbocycles. The second-order valence-corrected chi connectivity index (χ2v) is 5.09. The lowest BCUT2D eigenvalue weighted by Gasteiger charge is -2.15. The van der Waals surface area contributed by atoms with Gasteiger partial charge in [-0.05, 0) is 38.6 Å². The first-order chi connectivity index (χ1) is 8.72. The summed E-state index contributed by atoms with van der Waals surface area (Å²) in [6.45, 7) is 8.30. The summed E-state index contributed by atoms with van der Waals surface area (Å²) in [5.74, 6) is 2.93. The zero-order chi connectivity index (χ0) is 13.4. The van der Waals surface area contributed by atoms with Crippen LogP contribution in [0.4, 0.5) is 0 Å². The first-order valence-corrected chi connectivity index (χ1v) is 7.31. The van der Waals surface area contributed by atoms with E-state index in [2.05, 4.69) is 28.6 Å². The first-order valence-electron chi connectivity index (χ1n) is 7.31. The SMILES string of the molecule is CCCC(CCN)CCc1nnc(C)n1CCC. The monoisotopic (exact) mass is 252 g/mol. The molecule has 1 atom stereocenters. The third-order valence-corrected chi connectivity index (χ3v) is 3.51. The average Bonchev–Trinajstić information content (AvgIpc) is 2.69. The molecule has 1 aromatic rings. The van der Waals surface area contributed by atoms with Crippen molar-refractivity contribution in [2.45, 2.75) is 65.8 Å². The van der Waals surface area contributed by atoms with E-state index in [4.69, 9.17) is 5.73 Å². The molecule has 1 heterocycles. The highest BCUT2D eigenvalue weighted by Gasteiger charge is 2.12. The molecule has 1 rings (SSSR count). The van der Waals surface area contributed by atoms with E-state index in [9.17, 15) is 0 Å². The van der Waals surface area contributed by atoms with E-state index in [0.717, 1.165) is 49.9 Å². The summed E-state index contributed by atoms with van der Waals surface area (Å²) in [5, 5.41) is 8.50. The molecular formula is C14H28N4. The van der Waals surface area contributed by atoms with Crippen molar-refractivity contribution >= 4 is 0 Å². The second kappa shape index (κ2) is 8.25. The molecule has 1 aromatic heterocycles. The predicted molar refractivity (Wildman–Crippen MR) is 75.4 cm³/mol. The second-order valence-electron chi connectivity index (χ2n) is 5.09. The van der Waals surface area contributed by atoms with Crippen molar-refractivity contribution in [1.82, 2.24) is 14.8 Å². The Balaban J connectivity index is 2.55. The van der Waals surface area contributed by atoms with Crippen LogP contribution in [0.25, 0.3) is 0 Å². The quantitative estimate of drug-likeness (QED) is 0.735. The van der Waals surface area contributed by atoms with Crippen LogP contribution in [-0.4, -0.2) is 21.3 Å². The minimum absolute atomic E-state index is 0.743. The molecule has 0 aliphatic heterocycles. The fraction of sp³-hybridized carbons (Fsp3) is 0.857. The minimum Gasteiger partial charge on any atom is -0.330 e. The fourth-order valence-corrected chi connectivity index (χ4v) is 2.53. The van der Waals surface area contributed by atoms with Crippen molar-refractivity contribution in [2.75, 3.05) is 6.54 Å². The lowest BCUT2D eigenvalue weighted by Crippen LogP contribution is -2.12. The molecule has 0 aliphatic rings. The maximum Gasteiger partial charge on any atom is 0.132 e. The van der Waals surface area contributed by atoms with Crippen LogP contribution in [0.2, 0.25) is 0 Å². The van der Waals surface area contributed by atoms with Crippen molar-refractivity contribution in [3.05, 3.63) is 11.6 Å². The molecule has 0 saturated carbocycles. The number of aromatic nitrogens is 3. The smallest absolute Gasteiger partial charge is 0.132 e. The Morgan fingerprint density at radius 3 is 2.50 bits per heavy atom. The highest BCUT2D eigenvalue weighted by Crippen LogP contribution is 2.18. The third-order valence-electron chi connectivity index (χ3n) is 3.51. The zero-order valence-corrected chi connectivity index (χ0v) is 12.2. The van der Waals surface area contributed by atoms with E-state index in [1.807, 2.05) is 6.92 Å². The summed E-state index contributed by atoms with van der Waals surface area (Å²) in [6, 6.07) is 0. The van der Waals surface area contributed by atoms with Gasteiger partial charge in [0.1, 0.15) is 11.6 Å². The standard InChI is InChI=1S/C14H28N4/c1-4-6-13(9-10-15)7-8-14-17-16-12(3)18(14)11-5-2/h13H,4-11,15H2,1-3H3. The van der Waals surface area contributed by atoms with E-state index in [0.29, 0.717) is 0 Å². The largest absolute Gasteiger partial charge is 0.330 e. The van der Waals surface area contributed by atoms with E-state index in [-0.39, 0.29) is 0 Å². The third kappa shape index (κ3) is 4.41. The Bertz CT molecular complexity index is 327. The summed E-state index contributed by atoms with van der Waals surface area (Å²) in [5.41, 5.74) is 5.68. The van der Waals surface area contributed by atoms with E-state index < -0.39 is 0 Å². The molecule has 0 bridgehead atoms. The van der Waals surface area contributed by atoms with Gasteiger partial charge < -0.3 is 10.3 Å². The van der Waals surface area contributed by atoms with Crippen molar-refractivity contribution in [2.24, 2.45) is 11.7 Å². The normalized spacial score (nSPS) is 12.9. The maximum atomic E-state index is 5.68. The van der Waals surface area contributed by atoms with Crippen LogP contribution < -0.4 is 5.73 Å². The minimum atomic E-state index is 0.743. The molecule has 18 heavy (non-hydrogen) atoms. The number of aryl methyl sites for hydroxylation is 2. The van der Waals surface area contributed by atoms with E-state index in [1.165, 1.54) is 19.3 Å². The van der Waals surface area contributed by atoms with Crippen LogP contribution in [-0.2, 0) is 13.0 Å². The molecule has 104 valence electrons. The number of nitrogens with zero attached hydrogens (tertiary/aromatic N) is 3. The van der Waals surface area contributed by atoms with Gasteiger partial charge in [0.2, 0.25) is 0 Å². The summed E-state index contributed by atoms with van der Waals surface area (Å²) >= 11 is 0. The van der Waals surface area contributed by atoms with Crippen LogP contribution in [0.15, 0.2) is 0 Å². The van der Waals surface area contributed by atoms with Crippen LogP contribution in [0.1, 0.15) is 57.6 Å². The lowest BCUT2D eigenvalue weighted by molar-refractivity contribution is 0.413. The van der Waals surface area contributed by atoms with Gasteiger partial charge in [-0.2, -0.15) is 0 Å². The van der Waals surface area contributed by atoms with Gasteiger partial charge in [-0.3, -0.25) is 0 Å². The topological polar surface area (TPSA) is 56.7 Å². The van der Waals surface area contributed by atoms with Crippen molar-refractivity contribution in [3.63, 3.8) is 0 Å². The molecule has 0 aliphatic carbocycles. The number of hydrogen-bond acceptors (Lipinski definition) is 3. The summed E-state index contributed by atoms with van der Waals surface area (Å²) < 4.78 is 2.26. The Morgan fingerprint density at radius 2 is 1.89 bits per heavy atom. The Kier molecular flexibility index (Phi) is 6.94. The zero-order valence-electron chi connectivity index (χ0n) is 12.2. The van der Waals surface area contributed by atoms with Gasteiger partial charge in [0.25, 0.3) is 0 Å². The lowest BCUT2D eigenvalue weighted by atomic mass is 9.94. The van der Waals surface area contributed by atoms with Crippen LogP contribution >= 0.6 is 0 Å². The van der Waals surface area contributed by atoms with Gasteiger partial charge in [0, 0.05) is 13.0 Å². The average molecular weight is 252 g/mol. The molecule has 0 amide bonds.